The summed E-state index contributed by atoms with van der Waals surface area (Å²) in [7, 11) is 0. The van der Waals surface area contributed by atoms with Gasteiger partial charge in [-0.05, 0) is 49.6 Å². The molecule has 0 aromatic heterocycles. The van der Waals surface area contributed by atoms with Crippen LogP contribution < -0.4 is 21.1 Å². The monoisotopic (exact) mass is 438 g/mol. The van der Waals surface area contributed by atoms with E-state index < -0.39 is 6.03 Å². The first kappa shape index (κ1) is 23.1. The number of nitrogens with one attached hydrogen (secondary N) is 2. The van der Waals surface area contributed by atoms with Crippen molar-refractivity contribution in [3.63, 3.8) is 0 Å². The summed E-state index contributed by atoms with van der Waals surface area (Å²) in [6.07, 6.45) is 1.61. The maximum atomic E-state index is 12.7. The predicted molar refractivity (Wildman–Crippen MR) is 122 cm³/mol. The zero-order valence-corrected chi connectivity index (χ0v) is 18.3. The molecule has 0 radical (unpaired) electrons. The molecule has 170 valence electrons. The fourth-order valence-electron chi connectivity index (χ4n) is 3.73. The summed E-state index contributed by atoms with van der Waals surface area (Å²) >= 11 is 0. The van der Waals surface area contributed by atoms with Gasteiger partial charge in [0, 0.05) is 24.7 Å². The molecule has 0 saturated carbocycles. The van der Waals surface area contributed by atoms with Gasteiger partial charge in [0.1, 0.15) is 5.75 Å². The van der Waals surface area contributed by atoms with E-state index in [0.29, 0.717) is 44.6 Å². The second-order valence-corrected chi connectivity index (χ2v) is 7.91. The van der Waals surface area contributed by atoms with Crippen LogP contribution in [0.15, 0.2) is 54.6 Å². The number of primary amides is 1. The van der Waals surface area contributed by atoms with Gasteiger partial charge in [-0.25, -0.2) is 4.79 Å². The number of hydrogen-bond acceptors (Lipinski definition) is 4. The van der Waals surface area contributed by atoms with Crippen LogP contribution in [0.2, 0.25) is 0 Å². The molecule has 1 fully saturated rings. The Hall–Kier alpha value is -3.55. The SMILES string of the molecule is CC(NC(=O)C1CCN(C(=O)CCOc2ccccc2)CC1)c1ccc(NC(N)=O)cc1. The van der Waals surface area contributed by atoms with Crippen molar-refractivity contribution in [3.8, 4) is 5.75 Å². The van der Waals surface area contributed by atoms with Gasteiger partial charge in [-0.2, -0.15) is 0 Å². The average molecular weight is 439 g/mol. The number of anilines is 1. The first-order chi connectivity index (χ1) is 15.4. The van der Waals surface area contributed by atoms with Gasteiger partial charge >= 0.3 is 6.03 Å². The maximum Gasteiger partial charge on any atom is 0.316 e. The van der Waals surface area contributed by atoms with Crippen molar-refractivity contribution in [1.82, 2.24) is 10.2 Å². The van der Waals surface area contributed by atoms with Crippen LogP contribution in [0.25, 0.3) is 0 Å². The number of nitrogens with two attached hydrogens (primary N) is 1. The molecule has 1 heterocycles. The Morgan fingerprint density at radius 1 is 1.06 bits per heavy atom. The summed E-state index contributed by atoms with van der Waals surface area (Å²) < 4.78 is 5.60. The molecule has 1 saturated heterocycles. The summed E-state index contributed by atoms with van der Waals surface area (Å²) in [6, 6.07) is 15.8. The van der Waals surface area contributed by atoms with Crippen molar-refractivity contribution in [3.05, 3.63) is 60.2 Å². The molecule has 8 nitrogen and oxygen atoms in total. The standard InChI is InChI=1S/C24H30N4O4/c1-17(18-7-9-20(10-8-18)27-24(25)31)26-23(30)19-11-14-28(15-12-19)22(29)13-16-32-21-5-3-2-4-6-21/h2-10,17,19H,11-16H2,1H3,(H,26,30)(H3,25,27,31). The van der Waals surface area contributed by atoms with E-state index in [9.17, 15) is 14.4 Å². The van der Waals surface area contributed by atoms with E-state index in [1.807, 2.05) is 54.3 Å². The van der Waals surface area contributed by atoms with Gasteiger partial charge in [-0.1, -0.05) is 30.3 Å². The van der Waals surface area contributed by atoms with Crippen molar-refractivity contribution in [2.24, 2.45) is 11.7 Å². The highest BCUT2D eigenvalue weighted by Gasteiger charge is 2.28. The largest absolute Gasteiger partial charge is 0.493 e. The first-order valence-electron chi connectivity index (χ1n) is 10.8. The third-order valence-electron chi connectivity index (χ3n) is 5.58. The Bertz CT molecular complexity index is 909. The molecular formula is C24H30N4O4. The molecule has 0 bridgehead atoms. The third kappa shape index (κ3) is 6.73. The van der Waals surface area contributed by atoms with Crippen LogP contribution in [0.4, 0.5) is 10.5 Å². The second-order valence-electron chi connectivity index (χ2n) is 7.91. The fraction of sp³-hybridized carbons (Fsp3) is 0.375. The predicted octanol–water partition coefficient (Wildman–Crippen LogP) is 3.06. The van der Waals surface area contributed by atoms with Gasteiger partial charge in [-0.15, -0.1) is 0 Å². The van der Waals surface area contributed by atoms with Gasteiger partial charge < -0.3 is 26.0 Å². The van der Waals surface area contributed by atoms with Crippen molar-refractivity contribution in [1.29, 1.82) is 0 Å². The molecule has 3 rings (SSSR count). The van der Waals surface area contributed by atoms with E-state index in [2.05, 4.69) is 10.6 Å². The van der Waals surface area contributed by atoms with E-state index in [-0.39, 0.29) is 23.8 Å². The van der Waals surface area contributed by atoms with Crippen LogP contribution in [0.5, 0.6) is 5.75 Å². The Balaban J connectivity index is 1.39. The van der Waals surface area contributed by atoms with Crippen LogP contribution in [-0.2, 0) is 9.59 Å². The number of urea groups is 1. The fourth-order valence-corrected chi connectivity index (χ4v) is 3.73. The van der Waals surface area contributed by atoms with Gasteiger partial charge in [-0.3, -0.25) is 9.59 Å². The molecule has 8 heteroatoms. The third-order valence-corrected chi connectivity index (χ3v) is 5.58. The van der Waals surface area contributed by atoms with E-state index in [1.165, 1.54) is 0 Å². The first-order valence-corrected chi connectivity index (χ1v) is 10.8. The molecule has 1 aliphatic rings. The lowest BCUT2D eigenvalue weighted by atomic mass is 9.95. The quantitative estimate of drug-likeness (QED) is 0.588. The minimum Gasteiger partial charge on any atom is -0.493 e. The lowest BCUT2D eigenvalue weighted by Crippen LogP contribution is -2.43. The van der Waals surface area contributed by atoms with E-state index in [4.69, 9.17) is 10.5 Å². The number of nitrogens with zero attached hydrogens (tertiary/aromatic N) is 1. The molecule has 1 aliphatic heterocycles. The molecule has 1 unspecified atom stereocenters. The van der Waals surface area contributed by atoms with Crippen molar-refractivity contribution >= 4 is 23.5 Å². The normalized spacial score (nSPS) is 15.0. The number of rotatable bonds is 8. The molecule has 4 amide bonds. The zero-order chi connectivity index (χ0) is 22.9. The molecule has 0 spiro atoms. The van der Waals surface area contributed by atoms with Crippen LogP contribution in [0, 0.1) is 5.92 Å². The van der Waals surface area contributed by atoms with Gasteiger partial charge in [0.15, 0.2) is 0 Å². The summed E-state index contributed by atoms with van der Waals surface area (Å²) in [5.74, 6) is 0.690. The van der Waals surface area contributed by atoms with Gasteiger partial charge in [0.25, 0.3) is 0 Å². The van der Waals surface area contributed by atoms with Crippen LogP contribution in [-0.4, -0.2) is 42.4 Å². The Morgan fingerprint density at radius 2 is 1.72 bits per heavy atom. The Morgan fingerprint density at radius 3 is 2.34 bits per heavy atom. The smallest absolute Gasteiger partial charge is 0.316 e. The van der Waals surface area contributed by atoms with Gasteiger partial charge in [0.05, 0.1) is 19.1 Å². The summed E-state index contributed by atoms with van der Waals surface area (Å²) in [5.41, 5.74) is 6.64. The van der Waals surface area contributed by atoms with Gasteiger partial charge in [0.2, 0.25) is 11.8 Å². The highest BCUT2D eigenvalue weighted by atomic mass is 16.5. The number of ether oxygens (including phenoxy) is 1. The number of para-hydroxylation sites is 1. The lowest BCUT2D eigenvalue weighted by molar-refractivity contribution is -0.136. The molecular weight excluding hydrogens is 408 g/mol. The number of piperidine rings is 1. The molecule has 4 N–H and O–H groups in total. The molecule has 2 aromatic rings. The van der Waals surface area contributed by atoms with E-state index >= 15 is 0 Å². The number of hydrogen-bond donors (Lipinski definition) is 3. The van der Waals surface area contributed by atoms with Crippen molar-refractivity contribution < 1.29 is 19.1 Å². The minimum absolute atomic E-state index is 0.00338. The number of carbonyl (C=O) groups is 3. The lowest BCUT2D eigenvalue weighted by Gasteiger charge is -2.32. The van der Waals surface area contributed by atoms with E-state index in [1.54, 1.807) is 12.1 Å². The molecule has 1 atom stereocenters. The summed E-state index contributed by atoms with van der Waals surface area (Å²) in [4.78, 5) is 37.8. The van der Waals surface area contributed by atoms with Crippen LogP contribution >= 0.6 is 0 Å². The zero-order valence-electron chi connectivity index (χ0n) is 18.3. The summed E-state index contributed by atoms with van der Waals surface area (Å²) in [5, 5.41) is 5.56. The average Bonchev–Trinajstić information content (AvgIpc) is 2.80. The number of carbonyl (C=O) groups excluding carboxylic acids is 3. The van der Waals surface area contributed by atoms with Crippen LogP contribution in [0.1, 0.15) is 37.8 Å². The highest BCUT2D eigenvalue weighted by molar-refractivity contribution is 5.87. The van der Waals surface area contributed by atoms with Crippen molar-refractivity contribution in [2.75, 3.05) is 25.0 Å². The Labute approximate surface area is 188 Å². The Kier molecular flexibility index (Phi) is 8.08. The minimum atomic E-state index is -0.618. The second kappa shape index (κ2) is 11.2. The number of amides is 4. The summed E-state index contributed by atoms with van der Waals surface area (Å²) in [6.45, 7) is 3.41. The number of benzene rings is 2. The maximum absolute atomic E-state index is 12.7. The highest BCUT2D eigenvalue weighted by Crippen LogP contribution is 2.21. The van der Waals surface area contributed by atoms with E-state index in [0.717, 1.165) is 11.3 Å². The molecule has 32 heavy (non-hydrogen) atoms. The number of likely N-dealkylation sites (tertiary alicyclic amines) is 1. The topological polar surface area (TPSA) is 114 Å². The van der Waals surface area contributed by atoms with Crippen LogP contribution in [0.3, 0.4) is 0 Å². The van der Waals surface area contributed by atoms with Crippen molar-refractivity contribution in [2.45, 2.75) is 32.2 Å². The molecule has 0 aliphatic carbocycles. The molecule has 2 aromatic carbocycles.